The van der Waals surface area contributed by atoms with Crippen LogP contribution in [0.3, 0.4) is 0 Å². The summed E-state index contributed by atoms with van der Waals surface area (Å²) >= 11 is 0. The molecule has 1 amide bonds. The number of nitrogens with zero attached hydrogens (tertiary/aromatic N) is 2. The molecule has 156 valence electrons. The van der Waals surface area contributed by atoms with Crippen molar-refractivity contribution in [3.05, 3.63) is 71.9 Å². The van der Waals surface area contributed by atoms with Gasteiger partial charge in [0.1, 0.15) is 11.4 Å². The molecule has 0 spiro atoms. The minimum atomic E-state index is -0.463. The summed E-state index contributed by atoms with van der Waals surface area (Å²) in [4.78, 5) is 12.4. The van der Waals surface area contributed by atoms with Gasteiger partial charge in [0.25, 0.3) is 5.91 Å². The Hall–Kier alpha value is -4.33. The number of aromatic amines is 1. The standard InChI is InChI=1S/C23H20N4O4/c1-30-21-10-8-15(11-22(21)31-2)18-12-19(26-25-18)23(29)27-24-13-17-16-6-4-3-5-14(16)7-9-20(17)28/h3-13,28H,1-2H3,(H,25,26)(H,27,29)/b24-13-. The number of amides is 1. The lowest BCUT2D eigenvalue weighted by molar-refractivity contribution is 0.0950. The van der Waals surface area contributed by atoms with Crippen LogP contribution >= 0.6 is 0 Å². The predicted molar refractivity (Wildman–Crippen MR) is 118 cm³/mol. The summed E-state index contributed by atoms with van der Waals surface area (Å²) in [6.07, 6.45) is 1.42. The van der Waals surface area contributed by atoms with Crippen LogP contribution in [0, 0.1) is 0 Å². The van der Waals surface area contributed by atoms with Crippen LogP contribution in [0.25, 0.3) is 22.0 Å². The molecule has 0 fully saturated rings. The average Bonchev–Trinajstić information content (AvgIpc) is 3.30. The SMILES string of the molecule is COc1ccc(-c2cc(C(=O)N/N=C\c3c(O)ccc4ccccc34)[nH]n2)cc1OC. The third kappa shape index (κ3) is 4.04. The Morgan fingerprint density at radius 3 is 2.68 bits per heavy atom. The molecule has 0 saturated heterocycles. The number of methoxy groups -OCH3 is 2. The summed E-state index contributed by atoms with van der Waals surface area (Å²) in [6, 6.07) is 18.0. The van der Waals surface area contributed by atoms with Crippen molar-refractivity contribution >= 4 is 22.9 Å². The molecule has 0 aliphatic heterocycles. The van der Waals surface area contributed by atoms with Crippen molar-refractivity contribution in [2.45, 2.75) is 0 Å². The number of carbonyl (C=O) groups excluding carboxylic acids is 1. The Morgan fingerprint density at radius 1 is 1.06 bits per heavy atom. The Bertz CT molecular complexity index is 1280. The summed E-state index contributed by atoms with van der Waals surface area (Å²) in [5.41, 5.74) is 4.54. The van der Waals surface area contributed by atoms with E-state index >= 15 is 0 Å². The highest BCUT2D eigenvalue weighted by atomic mass is 16.5. The van der Waals surface area contributed by atoms with Gasteiger partial charge in [-0.2, -0.15) is 10.2 Å². The number of aromatic nitrogens is 2. The first-order chi connectivity index (χ1) is 15.1. The van der Waals surface area contributed by atoms with Crippen LogP contribution in [0.15, 0.2) is 65.8 Å². The van der Waals surface area contributed by atoms with Gasteiger partial charge in [0.05, 0.1) is 26.1 Å². The number of aromatic hydroxyl groups is 1. The minimum Gasteiger partial charge on any atom is -0.507 e. The van der Waals surface area contributed by atoms with Crippen molar-refractivity contribution in [1.29, 1.82) is 0 Å². The number of hydrogen-bond acceptors (Lipinski definition) is 6. The molecule has 3 aromatic carbocycles. The third-order valence-corrected chi connectivity index (χ3v) is 4.81. The van der Waals surface area contributed by atoms with Crippen molar-refractivity contribution in [2.24, 2.45) is 5.10 Å². The highest BCUT2D eigenvalue weighted by molar-refractivity contribution is 6.03. The van der Waals surface area contributed by atoms with Gasteiger partial charge in [0.15, 0.2) is 11.5 Å². The molecule has 8 nitrogen and oxygen atoms in total. The van der Waals surface area contributed by atoms with Crippen LogP contribution in [0.2, 0.25) is 0 Å². The van der Waals surface area contributed by atoms with Crippen molar-refractivity contribution in [1.82, 2.24) is 15.6 Å². The number of carbonyl (C=O) groups is 1. The van der Waals surface area contributed by atoms with Gasteiger partial charge in [-0.15, -0.1) is 0 Å². The van der Waals surface area contributed by atoms with Crippen LogP contribution in [-0.4, -0.2) is 41.6 Å². The molecule has 1 heterocycles. The second-order valence-electron chi connectivity index (χ2n) is 6.66. The van der Waals surface area contributed by atoms with Gasteiger partial charge in [-0.1, -0.05) is 30.3 Å². The van der Waals surface area contributed by atoms with E-state index in [9.17, 15) is 9.90 Å². The van der Waals surface area contributed by atoms with Gasteiger partial charge in [-0.3, -0.25) is 9.89 Å². The second kappa shape index (κ2) is 8.58. The number of rotatable bonds is 6. The molecule has 0 unspecified atom stereocenters. The molecule has 0 atom stereocenters. The van der Waals surface area contributed by atoms with Crippen LogP contribution in [0.1, 0.15) is 16.1 Å². The van der Waals surface area contributed by atoms with Crippen LogP contribution in [-0.2, 0) is 0 Å². The average molecular weight is 416 g/mol. The van der Waals surface area contributed by atoms with Gasteiger partial charge < -0.3 is 14.6 Å². The number of hydrogen-bond donors (Lipinski definition) is 3. The Kier molecular flexibility index (Phi) is 5.53. The zero-order valence-electron chi connectivity index (χ0n) is 16.9. The zero-order valence-corrected chi connectivity index (χ0v) is 16.9. The topological polar surface area (TPSA) is 109 Å². The van der Waals surface area contributed by atoms with Crippen molar-refractivity contribution in [3.63, 3.8) is 0 Å². The molecule has 0 radical (unpaired) electrons. The van der Waals surface area contributed by atoms with E-state index in [1.54, 1.807) is 38.5 Å². The van der Waals surface area contributed by atoms with Gasteiger partial charge in [-0.25, -0.2) is 5.43 Å². The Balaban J connectivity index is 1.51. The van der Waals surface area contributed by atoms with Crippen molar-refractivity contribution in [2.75, 3.05) is 14.2 Å². The van der Waals surface area contributed by atoms with Crippen LogP contribution in [0.5, 0.6) is 17.2 Å². The lowest BCUT2D eigenvalue weighted by atomic mass is 10.0. The largest absolute Gasteiger partial charge is 0.507 e. The number of hydrazone groups is 1. The molecule has 4 rings (SSSR count). The summed E-state index contributed by atoms with van der Waals surface area (Å²) in [6.45, 7) is 0. The molecule has 8 heteroatoms. The molecule has 0 saturated carbocycles. The van der Waals surface area contributed by atoms with E-state index in [2.05, 4.69) is 20.7 Å². The van der Waals surface area contributed by atoms with E-state index in [0.717, 1.165) is 16.3 Å². The first-order valence-electron chi connectivity index (χ1n) is 9.42. The number of nitrogens with one attached hydrogen (secondary N) is 2. The fourth-order valence-electron chi connectivity index (χ4n) is 3.22. The summed E-state index contributed by atoms with van der Waals surface area (Å²) < 4.78 is 10.5. The second-order valence-corrected chi connectivity index (χ2v) is 6.66. The Morgan fingerprint density at radius 2 is 1.87 bits per heavy atom. The fraction of sp³-hybridized carbons (Fsp3) is 0.0870. The number of benzene rings is 3. The predicted octanol–water partition coefficient (Wildman–Crippen LogP) is 3.72. The van der Waals surface area contributed by atoms with Gasteiger partial charge in [0, 0.05) is 11.1 Å². The van der Waals surface area contributed by atoms with Gasteiger partial charge in [-0.05, 0) is 41.1 Å². The van der Waals surface area contributed by atoms with E-state index in [0.29, 0.717) is 22.8 Å². The summed E-state index contributed by atoms with van der Waals surface area (Å²) in [5.74, 6) is 0.781. The molecular formula is C23H20N4O4. The lowest BCUT2D eigenvalue weighted by Gasteiger charge is -2.08. The monoisotopic (exact) mass is 416 g/mol. The normalized spacial score (nSPS) is 11.0. The van der Waals surface area contributed by atoms with E-state index in [1.165, 1.54) is 6.21 Å². The number of fused-ring (bicyclic) bond motifs is 1. The first-order valence-corrected chi connectivity index (χ1v) is 9.42. The van der Waals surface area contributed by atoms with Crippen LogP contribution < -0.4 is 14.9 Å². The van der Waals surface area contributed by atoms with Gasteiger partial charge >= 0.3 is 0 Å². The lowest BCUT2D eigenvalue weighted by Crippen LogP contribution is -2.18. The quantitative estimate of drug-likeness (QED) is 0.328. The minimum absolute atomic E-state index is 0.0778. The summed E-state index contributed by atoms with van der Waals surface area (Å²) in [7, 11) is 3.11. The maximum atomic E-state index is 12.4. The van der Waals surface area contributed by atoms with Gasteiger partial charge in [0.2, 0.25) is 0 Å². The number of phenolic OH excluding ortho intramolecular Hbond substituents is 1. The molecule has 4 aromatic rings. The highest BCUT2D eigenvalue weighted by Crippen LogP contribution is 2.31. The first kappa shape index (κ1) is 20.0. The van der Waals surface area contributed by atoms with Crippen molar-refractivity contribution < 1.29 is 19.4 Å². The summed E-state index contributed by atoms with van der Waals surface area (Å²) in [5, 5.41) is 22.8. The fourth-order valence-corrected chi connectivity index (χ4v) is 3.22. The van der Waals surface area contributed by atoms with E-state index in [4.69, 9.17) is 9.47 Å². The van der Waals surface area contributed by atoms with E-state index in [1.807, 2.05) is 36.4 Å². The zero-order chi connectivity index (χ0) is 21.8. The van der Waals surface area contributed by atoms with E-state index < -0.39 is 5.91 Å². The maximum Gasteiger partial charge on any atom is 0.289 e. The molecule has 0 aliphatic carbocycles. The smallest absolute Gasteiger partial charge is 0.289 e. The third-order valence-electron chi connectivity index (χ3n) is 4.81. The van der Waals surface area contributed by atoms with Crippen molar-refractivity contribution in [3.8, 4) is 28.5 Å². The molecule has 3 N–H and O–H groups in total. The number of H-pyrrole nitrogens is 1. The molecule has 0 aliphatic rings. The molecule has 31 heavy (non-hydrogen) atoms. The Labute approximate surface area is 178 Å². The molecule has 0 bridgehead atoms. The van der Waals surface area contributed by atoms with Crippen LogP contribution in [0.4, 0.5) is 0 Å². The molecular weight excluding hydrogens is 396 g/mol. The maximum absolute atomic E-state index is 12.4. The van der Waals surface area contributed by atoms with E-state index in [-0.39, 0.29) is 11.4 Å². The number of ether oxygens (including phenoxy) is 2. The highest BCUT2D eigenvalue weighted by Gasteiger charge is 2.13. The number of phenols is 1. The molecule has 1 aromatic heterocycles.